The van der Waals surface area contributed by atoms with Gasteiger partial charge >= 0.3 is 0 Å². The maximum Gasteiger partial charge on any atom is 0.115 e. The summed E-state index contributed by atoms with van der Waals surface area (Å²) in [6.45, 7) is 0. The summed E-state index contributed by atoms with van der Waals surface area (Å²) < 4.78 is 0. The molecular weight excluding hydrogens is 98.9 g/mol. The second-order valence-corrected chi connectivity index (χ2v) is 1.40. The summed E-state index contributed by atoms with van der Waals surface area (Å²) in [7, 11) is 5.26. The van der Waals surface area contributed by atoms with Crippen LogP contribution >= 0.6 is 0 Å². The number of rotatable bonds is 1. The number of nitrogens with zero attached hydrogens (tertiary/aromatic N) is 2. The minimum absolute atomic E-state index is 0.489. The summed E-state index contributed by atoms with van der Waals surface area (Å²) in [4.78, 5) is 7.59. The average molecular weight is 104 g/mol. The predicted octanol–water partition coefficient (Wildman–Crippen LogP) is 0.145. The van der Waals surface area contributed by atoms with E-state index in [-0.39, 0.29) is 0 Å². The zero-order valence-electron chi connectivity index (χ0n) is 4.41. The Labute approximate surface area is 49.4 Å². The molecule has 0 unspecified atom stereocenters. The van der Waals surface area contributed by atoms with Crippen LogP contribution in [0.1, 0.15) is 5.69 Å². The number of aromatic nitrogens is 2. The summed E-state index contributed by atoms with van der Waals surface area (Å²) in [5.41, 5.74) is 0.875. The minimum atomic E-state index is 0.489. The molecule has 0 aliphatic heterocycles. The lowest BCUT2D eigenvalue weighted by atomic mass is 10.0. The van der Waals surface area contributed by atoms with Crippen molar-refractivity contribution in [2.24, 2.45) is 0 Å². The summed E-state index contributed by atoms with van der Waals surface area (Å²) >= 11 is 0. The van der Waals surface area contributed by atoms with Crippen molar-refractivity contribution in [3.8, 4) is 0 Å². The molecule has 1 heterocycles. The molecule has 0 aliphatic rings. The second kappa shape index (κ2) is 2.45. The van der Waals surface area contributed by atoms with Crippen molar-refractivity contribution in [3.05, 3.63) is 24.3 Å². The van der Waals surface area contributed by atoms with Crippen LogP contribution in [0.5, 0.6) is 0 Å². The Bertz CT molecular complexity index is 152. The molecular formula is C5H5BN2. The molecule has 0 bridgehead atoms. The van der Waals surface area contributed by atoms with Gasteiger partial charge in [-0.05, 0) is 12.4 Å². The van der Waals surface area contributed by atoms with Crippen molar-refractivity contribution in [1.29, 1.82) is 0 Å². The maximum absolute atomic E-state index is 5.26. The molecule has 0 N–H and O–H groups in total. The van der Waals surface area contributed by atoms with Crippen molar-refractivity contribution in [2.45, 2.75) is 6.32 Å². The van der Waals surface area contributed by atoms with Gasteiger partial charge in [-0.25, -0.2) is 9.97 Å². The molecule has 0 aromatic carbocycles. The van der Waals surface area contributed by atoms with Crippen LogP contribution in [0.2, 0.25) is 0 Å². The van der Waals surface area contributed by atoms with Crippen LogP contribution in [0.4, 0.5) is 0 Å². The fourth-order valence-electron chi connectivity index (χ4n) is 0.439. The van der Waals surface area contributed by atoms with E-state index in [4.69, 9.17) is 7.85 Å². The average Bonchev–Trinajstić information content (AvgIpc) is 1.90. The SMILES string of the molecule is [B]Cc1ccncn1. The molecule has 1 aromatic heterocycles. The van der Waals surface area contributed by atoms with Crippen LogP contribution in [0, 0.1) is 0 Å². The van der Waals surface area contributed by atoms with E-state index in [1.165, 1.54) is 6.33 Å². The van der Waals surface area contributed by atoms with Gasteiger partial charge in [0.05, 0.1) is 7.85 Å². The van der Waals surface area contributed by atoms with Crippen LogP contribution in [-0.2, 0) is 6.32 Å². The largest absolute Gasteiger partial charge is 0.245 e. The van der Waals surface area contributed by atoms with Crippen molar-refractivity contribution in [1.82, 2.24) is 9.97 Å². The third-order valence-electron chi connectivity index (χ3n) is 0.852. The molecule has 3 heteroatoms. The van der Waals surface area contributed by atoms with Crippen LogP contribution < -0.4 is 0 Å². The van der Waals surface area contributed by atoms with E-state index in [1.54, 1.807) is 12.3 Å². The molecule has 38 valence electrons. The van der Waals surface area contributed by atoms with Gasteiger partial charge in [0.1, 0.15) is 6.33 Å². The molecule has 0 spiro atoms. The molecule has 0 aliphatic carbocycles. The monoisotopic (exact) mass is 104 g/mol. The van der Waals surface area contributed by atoms with E-state index < -0.39 is 0 Å². The Kier molecular flexibility index (Phi) is 1.62. The summed E-state index contributed by atoms with van der Waals surface area (Å²) in [6.07, 6.45) is 3.65. The highest BCUT2D eigenvalue weighted by molar-refractivity contribution is 6.08. The van der Waals surface area contributed by atoms with E-state index in [1.807, 2.05) is 0 Å². The molecule has 2 nitrogen and oxygen atoms in total. The molecule has 8 heavy (non-hydrogen) atoms. The molecule has 0 fully saturated rings. The molecule has 1 rings (SSSR count). The topological polar surface area (TPSA) is 25.8 Å². The summed E-state index contributed by atoms with van der Waals surface area (Å²) in [5.74, 6) is 0. The van der Waals surface area contributed by atoms with Gasteiger partial charge in [-0.2, -0.15) is 0 Å². The third kappa shape index (κ3) is 1.06. The standard InChI is InChI=1S/C5H5BN2/c6-3-5-1-2-7-4-8-5/h1-2,4H,3H2. The Hall–Kier alpha value is -0.855. The van der Waals surface area contributed by atoms with Gasteiger partial charge < -0.3 is 0 Å². The normalized spacial score (nSPS) is 9.00. The number of hydrogen-bond donors (Lipinski definition) is 0. The van der Waals surface area contributed by atoms with Gasteiger partial charge in [0, 0.05) is 11.9 Å². The quantitative estimate of drug-likeness (QED) is 0.473. The lowest BCUT2D eigenvalue weighted by molar-refractivity contribution is 1.08. The first-order chi connectivity index (χ1) is 3.93. The van der Waals surface area contributed by atoms with Crippen LogP contribution in [-0.4, -0.2) is 17.8 Å². The highest BCUT2D eigenvalue weighted by atomic mass is 14.8. The van der Waals surface area contributed by atoms with Gasteiger partial charge in [-0.15, -0.1) is 0 Å². The highest BCUT2D eigenvalue weighted by Gasteiger charge is 1.82. The van der Waals surface area contributed by atoms with Crippen molar-refractivity contribution in [2.75, 3.05) is 0 Å². The Balaban J connectivity index is 2.83. The molecule has 0 amide bonds. The van der Waals surface area contributed by atoms with Crippen molar-refractivity contribution >= 4 is 7.85 Å². The summed E-state index contributed by atoms with van der Waals surface area (Å²) in [6, 6.07) is 1.79. The summed E-state index contributed by atoms with van der Waals surface area (Å²) in [5, 5.41) is 0. The fourth-order valence-corrected chi connectivity index (χ4v) is 0.439. The fraction of sp³-hybridized carbons (Fsp3) is 0.200. The zero-order valence-corrected chi connectivity index (χ0v) is 4.41. The lowest BCUT2D eigenvalue weighted by Gasteiger charge is -1.88. The number of hydrogen-bond acceptors (Lipinski definition) is 2. The first-order valence-corrected chi connectivity index (χ1v) is 2.38. The van der Waals surface area contributed by atoms with E-state index in [9.17, 15) is 0 Å². The van der Waals surface area contributed by atoms with Gasteiger partial charge in [0.15, 0.2) is 0 Å². The Morgan fingerprint density at radius 1 is 1.62 bits per heavy atom. The van der Waals surface area contributed by atoms with Gasteiger partial charge in [0.2, 0.25) is 0 Å². The third-order valence-corrected chi connectivity index (χ3v) is 0.852. The molecule has 0 saturated heterocycles. The van der Waals surface area contributed by atoms with E-state index in [0.717, 1.165) is 5.69 Å². The van der Waals surface area contributed by atoms with Crippen molar-refractivity contribution < 1.29 is 0 Å². The minimum Gasteiger partial charge on any atom is -0.245 e. The van der Waals surface area contributed by atoms with Crippen LogP contribution in [0.3, 0.4) is 0 Å². The van der Waals surface area contributed by atoms with E-state index in [2.05, 4.69) is 9.97 Å². The lowest BCUT2D eigenvalue weighted by Crippen LogP contribution is -1.87. The van der Waals surface area contributed by atoms with Crippen LogP contribution in [0.25, 0.3) is 0 Å². The zero-order chi connectivity index (χ0) is 5.82. The highest BCUT2D eigenvalue weighted by Crippen LogP contribution is 1.86. The molecule has 0 saturated carbocycles. The first-order valence-electron chi connectivity index (χ1n) is 2.38. The van der Waals surface area contributed by atoms with E-state index in [0.29, 0.717) is 6.32 Å². The smallest absolute Gasteiger partial charge is 0.115 e. The predicted molar refractivity (Wildman–Crippen MR) is 31.5 cm³/mol. The van der Waals surface area contributed by atoms with Gasteiger partial charge in [-0.1, -0.05) is 0 Å². The Morgan fingerprint density at radius 3 is 2.88 bits per heavy atom. The molecule has 2 radical (unpaired) electrons. The van der Waals surface area contributed by atoms with Crippen molar-refractivity contribution in [3.63, 3.8) is 0 Å². The second-order valence-electron chi connectivity index (χ2n) is 1.40. The van der Waals surface area contributed by atoms with E-state index >= 15 is 0 Å². The first kappa shape index (κ1) is 5.28. The Morgan fingerprint density at radius 2 is 2.50 bits per heavy atom. The van der Waals surface area contributed by atoms with Gasteiger partial charge in [-0.3, -0.25) is 0 Å². The van der Waals surface area contributed by atoms with Crippen LogP contribution in [0.15, 0.2) is 18.6 Å². The molecule has 1 aromatic rings. The molecule has 0 atom stereocenters. The maximum atomic E-state index is 5.26. The van der Waals surface area contributed by atoms with Gasteiger partial charge in [0.25, 0.3) is 0 Å².